The number of hydrogen-bond donors (Lipinski definition) is 0. The standard InChI is InChI=1S/C27H39NO4S/c1-7-8-9-10-11-12-13-14-15-32-26(31)22-18-33-27(5,6)28(22)25(30)24(29)23-20(3)16-19(2)17-21(23)4/h7,16-17,22H,1,8-15,18H2,2-6H3/t22-/m0/s1. The zero-order valence-electron chi connectivity index (χ0n) is 20.9. The van der Waals surface area contributed by atoms with Gasteiger partial charge in [-0.2, -0.15) is 0 Å². The molecule has 1 aromatic carbocycles. The van der Waals surface area contributed by atoms with Gasteiger partial charge in [0.05, 0.1) is 11.5 Å². The molecule has 0 aromatic heterocycles. The fourth-order valence-electron chi connectivity index (χ4n) is 4.48. The van der Waals surface area contributed by atoms with Crippen molar-refractivity contribution in [3.8, 4) is 0 Å². The van der Waals surface area contributed by atoms with Crippen LogP contribution in [0.5, 0.6) is 0 Å². The van der Waals surface area contributed by atoms with E-state index in [9.17, 15) is 14.4 Å². The first-order chi connectivity index (χ1) is 15.6. The maximum absolute atomic E-state index is 13.3. The summed E-state index contributed by atoms with van der Waals surface area (Å²) in [5.41, 5.74) is 3.03. The summed E-state index contributed by atoms with van der Waals surface area (Å²) >= 11 is 1.50. The van der Waals surface area contributed by atoms with E-state index >= 15 is 0 Å². The van der Waals surface area contributed by atoms with Crippen LogP contribution < -0.4 is 0 Å². The number of allylic oxidation sites excluding steroid dienone is 1. The number of thioether (sulfide) groups is 1. The molecule has 0 unspecified atom stereocenters. The van der Waals surface area contributed by atoms with Gasteiger partial charge >= 0.3 is 5.97 Å². The minimum Gasteiger partial charge on any atom is -0.464 e. The highest BCUT2D eigenvalue weighted by Crippen LogP contribution is 2.40. The molecule has 0 aliphatic carbocycles. The molecule has 33 heavy (non-hydrogen) atoms. The first-order valence-corrected chi connectivity index (χ1v) is 13.0. The first kappa shape index (κ1) is 27.2. The monoisotopic (exact) mass is 473 g/mol. The fourth-order valence-corrected chi connectivity index (χ4v) is 5.68. The van der Waals surface area contributed by atoms with Gasteiger partial charge in [0, 0.05) is 11.3 Å². The Morgan fingerprint density at radius 3 is 2.24 bits per heavy atom. The van der Waals surface area contributed by atoms with Crippen LogP contribution in [-0.2, 0) is 14.3 Å². The highest BCUT2D eigenvalue weighted by atomic mass is 32.2. The van der Waals surface area contributed by atoms with Gasteiger partial charge in [0.25, 0.3) is 11.7 Å². The molecule has 0 radical (unpaired) electrons. The van der Waals surface area contributed by atoms with Gasteiger partial charge < -0.3 is 9.64 Å². The number of carbonyl (C=O) groups excluding carboxylic acids is 3. The molecule has 1 heterocycles. The summed E-state index contributed by atoms with van der Waals surface area (Å²) in [6.45, 7) is 13.5. The van der Waals surface area contributed by atoms with Crippen LogP contribution in [0.1, 0.15) is 85.8 Å². The molecule has 6 heteroatoms. The summed E-state index contributed by atoms with van der Waals surface area (Å²) in [5, 5.41) is 0. The average molecular weight is 474 g/mol. The summed E-state index contributed by atoms with van der Waals surface area (Å²) in [7, 11) is 0. The van der Waals surface area contributed by atoms with Crippen molar-refractivity contribution in [1.29, 1.82) is 0 Å². The molecule has 1 aromatic rings. The molecule has 1 atom stereocenters. The van der Waals surface area contributed by atoms with Crippen LogP contribution in [0, 0.1) is 20.8 Å². The zero-order chi connectivity index (χ0) is 24.6. The lowest BCUT2D eigenvalue weighted by atomic mass is 9.95. The van der Waals surface area contributed by atoms with Crippen molar-refractivity contribution < 1.29 is 19.1 Å². The molecule has 0 bridgehead atoms. The van der Waals surface area contributed by atoms with Gasteiger partial charge in [-0.3, -0.25) is 9.59 Å². The second-order valence-electron chi connectivity index (χ2n) is 9.42. The van der Waals surface area contributed by atoms with Gasteiger partial charge in [-0.1, -0.05) is 49.5 Å². The van der Waals surface area contributed by atoms with Crippen molar-refractivity contribution in [2.24, 2.45) is 0 Å². The van der Waals surface area contributed by atoms with Gasteiger partial charge in [-0.05, 0) is 65.0 Å². The maximum Gasteiger partial charge on any atom is 0.329 e. The second kappa shape index (κ2) is 12.4. The lowest BCUT2D eigenvalue weighted by Gasteiger charge is -2.33. The predicted molar refractivity (Wildman–Crippen MR) is 136 cm³/mol. The van der Waals surface area contributed by atoms with Crippen molar-refractivity contribution in [2.75, 3.05) is 12.4 Å². The van der Waals surface area contributed by atoms with Crippen molar-refractivity contribution in [3.63, 3.8) is 0 Å². The number of unbranched alkanes of at least 4 members (excludes halogenated alkanes) is 6. The number of carbonyl (C=O) groups is 3. The van der Waals surface area contributed by atoms with E-state index in [0.29, 0.717) is 17.9 Å². The third-order valence-corrected chi connectivity index (χ3v) is 7.51. The van der Waals surface area contributed by atoms with Crippen LogP contribution in [0.15, 0.2) is 24.8 Å². The summed E-state index contributed by atoms with van der Waals surface area (Å²) in [6, 6.07) is 3.07. The smallest absolute Gasteiger partial charge is 0.329 e. The summed E-state index contributed by atoms with van der Waals surface area (Å²) in [5.74, 6) is -1.19. The normalized spacial score (nSPS) is 17.1. The Balaban J connectivity index is 1.97. The molecule has 1 aliphatic rings. The number of amides is 1. The van der Waals surface area contributed by atoms with Crippen molar-refractivity contribution in [3.05, 3.63) is 47.0 Å². The predicted octanol–water partition coefficient (Wildman–Crippen LogP) is 5.93. The van der Waals surface area contributed by atoms with Gasteiger partial charge in [-0.15, -0.1) is 18.3 Å². The maximum atomic E-state index is 13.3. The van der Waals surface area contributed by atoms with E-state index < -0.39 is 28.6 Å². The number of benzene rings is 1. The number of ketones is 1. The lowest BCUT2D eigenvalue weighted by Crippen LogP contribution is -2.52. The SMILES string of the molecule is C=CCCCCCCCCOC(=O)[C@@H]1CSC(C)(C)N1C(=O)C(=O)c1c(C)cc(C)cc1C. The first-order valence-electron chi connectivity index (χ1n) is 12.0. The summed E-state index contributed by atoms with van der Waals surface area (Å²) in [4.78, 5) is 40.2. The Kier molecular flexibility index (Phi) is 10.2. The average Bonchev–Trinajstić information content (AvgIpc) is 3.06. The number of aryl methyl sites for hydroxylation is 3. The lowest BCUT2D eigenvalue weighted by molar-refractivity contribution is -0.154. The Morgan fingerprint density at radius 1 is 1.06 bits per heavy atom. The Bertz CT molecular complexity index is 854. The van der Waals surface area contributed by atoms with Crippen LogP contribution in [-0.4, -0.2) is 45.8 Å². The topological polar surface area (TPSA) is 63.7 Å². The molecule has 0 spiro atoms. The Labute approximate surface area is 203 Å². The molecule has 5 nitrogen and oxygen atoms in total. The molecular formula is C27H39NO4S. The molecule has 2 rings (SSSR count). The summed E-state index contributed by atoms with van der Waals surface area (Å²) in [6.07, 6.45) is 9.52. The van der Waals surface area contributed by atoms with Crippen LogP contribution in [0.2, 0.25) is 0 Å². The number of ether oxygens (including phenoxy) is 1. The Morgan fingerprint density at radius 2 is 1.64 bits per heavy atom. The number of esters is 1. The van der Waals surface area contributed by atoms with Gasteiger partial charge in [-0.25, -0.2) is 4.79 Å². The molecule has 0 saturated carbocycles. The van der Waals surface area contributed by atoms with Crippen molar-refractivity contribution in [2.45, 2.75) is 90.5 Å². The number of nitrogens with zero attached hydrogens (tertiary/aromatic N) is 1. The van der Waals surface area contributed by atoms with Crippen molar-refractivity contribution >= 4 is 29.4 Å². The largest absolute Gasteiger partial charge is 0.464 e. The molecule has 1 aliphatic heterocycles. The van der Waals surface area contributed by atoms with Crippen LogP contribution in [0.3, 0.4) is 0 Å². The molecule has 182 valence electrons. The van der Waals surface area contributed by atoms with Gasteiger partial charge in [0.1, 0.15) is 6.04 Å². The van der Waals surface area contributed by atoms with E-state index in [1.165, 1.54) is 35.9 Å². The highest BCUT2D eigenvalue weighted by Gasteiger charge is 2.49. The van der Waals surface area contributed by atoms with Gasteiger partial charge in [0.15, 0.2) is 0 Å². The third kappa shape index (κ3) is 7.20. The molecule has 1 fully saturated rings. The van der Waals surface area contributed by atoms with E-state index in [1.807, 2.05) is 52.8 Å². The minimum atomic E-state index is -0.744. The van der Waals surface area contributed by atoms with E-state index in [-0.39, 0.29) is 0 Å². The molecular weight excluding hydrogens is 434 g/mol. The van der Waals surface area contributed by atoms with E-state index in [2.05, 4.69) is 6.58 Å². The molecule has 1 amide bonds. The molecule has 1 saturated heterocycles. The van der Waals surface area contributed by atoms with E-state index in [1.54, 1.807) is 0 Å². The van der Waals surface area contributed by atoms with E-state index in [0.717, 1.165) is 42.4 Å². The number of Topliss-reactive ketones (excluding diaryl/α,β-unsaturated/α-hetero) is 1. The highest BCUT2D eigenvalue weighted by molar-refractivity contribution is 8.00. The fraction of sp³-hybridized carbons (Fsp3) is 0.593. The van der Waals surface area contributed by atoms with Gasteiger partial charge in [0.2, 0.25) is 0 Å². The zero-order valence-corrected chi connectivity index (χ0v) is 21.7. The van der Waals surface area contributed by atoms with Crippen LogP contribution in [0.4, 0.5) is 0 Å². The van der Waals surface area contributed by atoms with Crippen molar-refractivity contribution in [1.82, 2.24) is 4.90 Å². The number of rotatable bonds is 12. The Hall–Kier alpha value is -2.08. The third-order valence-electron chi connectivity index (χ3n) is 6.12. The van der Waals surface area contributed by atoms with Crippen LogP contribution in [0.25, 0.3) is 0 Å². The van der Waals surface area contributed by atoms with Crippen LogP contribution >= 0.6 is 11.8 Å². The summed E-state index contributed by atoms with van der Waals surface area (Å²) < 4.78 is 5.52. The van der Waals surface area contributed by atoms with E-state index in [4.69, 9.17) is 4.74 Å². The second-order valence-corrected chi connectivity index (χ2v) is 11.0. The number of hydrogen-bond acceptors (Lipinski definition) is 5. The quantitative estimate of drug-likeness (QED) is 0.124. The minimum absolute atomic E-state index is 0.346. The molecule has 0 N–H and O–H groups in total.